The maximum absolute atomic E-state index is 13.7. The lowest BCUT2D eigenvalue weighted by molar-refractivity contribution is 0.592. The Labute approximate surface area is 311 Å². The number of anilines is 6. The highest BCUT2D eigenvalue weighted by Crippen LogP contribution is 2.52. The zero-order valence-corrected chi connectivity index (χ0v) is 30.6. The highest BCUT2D eigenvalue weighted by molar-refractivity contribution is 8.00. The first-order valence-electron chi connectivity index (χ1n) is 16.4. The van der Waals surface area contributed by atoms with E-state index in [9.17, 15) is 16.8 Å². The maximum Gasteiger partial charge on any atom is 0.206 e. The molecule has 0 N–H and O–H groups in total. The standard InChI is InChI=1S/C42H28N2O4S4/c45-51(46,31-21-17-29(18-22-31)43-35-9-1-5-13-39(35)49-40-14-6-2-10-36(40)43)33-25-27-34(28-26-33)52(47,48)32-23-19-30(20-24-32)44-37-11-3-7-15-41(37)50-42-16-8-4-12-38(42)44/h1-28H. The van der Waals surface area contributed by atoms with Crippen LogP contribution in [-0.2, 0) is 19.7 Å². The van der Waals surface area contributed by atoms with Crippen LogP contribution in [0.5, 0.6) is 0 Å². The number of nitrogens with zero attached hydrogens (tertiary/aromatic N) is 2. The van der Waals surface area contributed by atoms with Gasteiger partial charge in [-0.15, -0.1) is 0 Å². The van der Waals surface area contributed by atoms with Crippen LogP contribution in [-0.4, -0.2) is 16.8 Å². The summed E-state index contributed by atoms with van der Waals surface area (Å²) in [5.74, 6) is 0. The lowest BCUT2D eigenvalue weighted by atomic mass is 10.2. The van der Waals surface area contributed by atoms with Crippen molar-refractivity contribution in [3.8, 4) is 0 Å². The van der Waals surface area contributed by atoms with E-state index in [4.69, 9.17) is 0 Å². The van der Waals surface area contributed by atoms with Crippen LogP contribution in [0.3, 0.4) is 0 Å². The van der Waals surface area contributed by atoms with Crippen molar-refractivity contribution in [1.82, 2.24) is 0 Å². The third kappa shape index (κ3) is 5.50. The molecule has 9 rings (SSSR count). The highest BCUT2D eigenvalue weighted by Gasteiger charge is 2.27. The summed E-state index contributed by atoms with van der Waals surface area (Å²) in [4.78, 5) is 8.98. The summed E-state index contributed by atoms with van der Waals surface area (Å²) in [5.41, 5.74) is 5.76. The lowest BCUT2D eigenvalue weighted by Gasteiger charge is -2.32. The Morgan fingerprint density at radius 2 is 0.538 bits per heavy atom. The fraction of sp³-hybridized carbons (Fsp3) is 0. The topological polar surface area (TPSA) is 74.8 Å². The molecule has 0 bridgehead atoms. The summed E-state index contributed by atoms with van der Waals surface area (Å²) < 4.78 is 55.0. The van der Waals surface area contributed by atoms with Gasteiger partial charge in [0, 0.05) is 31.0 Å². The van der Waals surface area contributed by atoms with Crippen LogP contribution in [0.15, 0.2) is 209 Å². The average molecular weight is 753 g/mol. The smallest absolute Gasteiger partial charge is 0.206 e. The molecule has 0 spiro atoms. The van der Waals surface area contributed by atoms with Gasteiger partial charge in [-0.2, -0.15) is 0 Å². The van der Waals surface area contributed by atoms with Gasteiger partial charge < -0.3 is 9.80 Å². The predicted molar refractivity (Wildman–Crippen MR) is 208 cm³/mol. The molecule has 0 atom stereocenters. The van der Waals surface area contributed by atoms with E-state index >= 15 is 0 Å². The van der Waals surface area contributed by atoms with E-state index in [2.05, 4.69) is 58.3 Å². The van der Waals surface area contributed by atoms with E-state index in [1.165, 1.54) is 24.3 Å². The van der Waals surface area contributed by atoms with Crippen molar-refractivity contribution in [1.29, 1.82) is 0 Å². The van der Waals surface area contributed by atoms with Crippen molar-refractivity contribution in [2.45, 2.75) is 39.2 Å². The molecule has 0 radical (unpaired) electrons. The van der Waals surface area contributed by atoms with Gasteiger partial charge in [-0.3, -0.25) is 0 Å². The number of benzene rings is 7. The molecule has 2 heterocycles. The summed E-state index contributed by atoms with van der Waals surface area (Å²) >= 11 is 3.41. The summed E-state index contributed by atoms with van der Waals surface area (Å²) in [7, 11) is -7.85. The van der Waals surface area contributed by atoms with Gasteiger partial charge in [0.15, 0.2) is 0 Å². The van der Waals surface area contributed by atoms with Crippen molar-refractivity contribution in [2.75, 3.05) is 9.80 Å². The first-order valence-corrected chi connectivity index (χ1v) is 21.0. The normalized spacial score (nSPS) is 13.5. The number of sulfone groups is 2. The van der Waals surface area contributed by atoms with E-state index in [0.717, 1.165) is 53.7 Å². The van der Waals surface area contributed by atoms with Crippen LogP contribution < -0.4 is 9.80 Å². The van der Waals surface area contributed by atoms with E-state index in [-0.39, 0.29) is 19.6 Å². The summed E-state index contributed by atoms with van der Waals surface area (Å²) in [6.07, 6.45) is 0. The van der Waals surface area contributed by atoms with Crippen LogP contribution >= 0.6 is 23.5 Å². The Hall–Kier alpha value is -5.26. The molecule has 0 aromatic heterocycles. The van der Waals surface area contributed by atoms with Gasteiger partial charge in [0.2, 0.25) is 19.7 Å². The second-order valence-electron chi connectivity index (χ2n) is 12.2. The molecule has 52 heavy (non-hydrogen) atoms. The Morgan fingerprint density at radius 1 is 0.308 bits per heavy atom. The van der Waals surface area contributed by atoms with Gasteiger partial charge in [0.25, 0.3) is 0 Å². The van der Waals surface area contributed by atoms with Gasteiger partial charge in [-0.1, -0.05) is 72.1 Å². The highest BCUT2D eigenvalue weighted by atomic mass is 32.2. The molecular weight excluding hydrogens is 725 g/mol. The largest absolute Gasteiger partial charge is 0.308 e. The Balaban J connectivity index is 0.976. The van der Waals surface area contributed by atoms with Gasteiger partial charge in [0.1, 0.15) is 0 Å². The molecule has 2 aliphatic rings. The molecule has 0 amide bonds. The fourth-order valence-electron chi connectivity index (χ4n) is 6.58. The van der Waals surface area contributed by atoms with Crippen molar-refractivity contribution < 1.29 is 16.8 Å². The van der Waals surface area contributed by atoms with Crippen LogP contribution in [0, 0.1) is 0 Å². The molecule has 0 saturated carbocycles. The molecule has 0 aliphatic carbocycles. The molecule has 7 aromatic rings. The number of rotatable bonds is 6. The third-order valence-corrected chi connectivity index (χ3v) is 15.0. The first-order chi connectivity index (χ1) is 25.3. The minimum absolute atomic E-state index is 0.0138. The second-order valence-corrected chi connectivity index (χ2v) is 18.3. The zero-order chi connectivity index (χ0) is 35.5. The van der Waals surface area contributed by atoms with Crippen LogP contribution in [0.4, 0.5) is 34.1 Å². The lowest BCUT2D eigenvalue weighted by Crippen LogP contribution is -2.15. The van der Waals surface area contributed by atoms with Crippen molar-refractivity contribution in [2.24, 2.45) is 0 Å². The maximum atomic E-state index is 13.7. The minimum Gasteiger partial charge on any atom is -0.308 e. The number of fused-ring (bicyclic) bond motifs is 4. The number of para-hydroxylation sites is 4. The van der Waals surface area contributed by atoms with E-state index in [0.29, 0.717) is 0 Å². The van der Waals surface area contributed by atoms with Gasteiger partial charge in [-0.05, 0) is 121 Å². The minimum atomic E-state index is -3.93. The summed E-state index contributed by atoms with van der Waals surface area (Å²) in [6.45, 7) is 0. The molecule has 2 aliphatic heterocycles. The van der Waals surface area contributed by atoms with Gasteiger partial charge in [0.05, 0.1) is 42.3 Å². The average Bonchev–Trinajstić information content (AvgIpc) is 3.19. The van der Waals surface area contributed by atoms with Crippen molar-refractivity contribution >= 4 is 77.3 Å². The summed E-state index contributed by atoms with van der Waals surface area (Å²) in [5, 5.41) is 0. The van der Waals surface area contributed by atoms with E-state index in [1.807, 2.05) is 48.5 Å². The number of hydrogen-bond donors (Lipinski definition) is 0. The summed E-state index contributed by atoms with van der Waals surface area (Å²) in [6, 6.07) is 51.6. The quantitative estimate of drug-likeness (QED) is 0.166. The third-order valence-electron chi connectivity index (χ3n) is 9.12. The van der Waals surface area contributed by atoms with Crippen LogP contribution in [0.2, 0.25) is 0 Å². The zero-order valence-electron chi connectivity index (χ0n) is 27.3. The first kappa shape index (κ1) is 32.6. The van der Waals surface area contributed by atoms with Crippen molar-refractivity contribution in [3.05, 3.63) is 170 Å². The molecular formula is C42H28N2O4S4. The monoisotopic (exact) mass is 752 g/mol. The number of hydrogen-bond acceptors (Lipinski definition) is 8. The molecule has 0 unspecified atom stereocenters. The molecule has 7 aromatic carbocycles. The Morgan fingerprint density at radius 3 is 0.808 bits per heavy atom. The Bertz CT molecular complexity index is 2440. The van der Waals surface area contributed by atoms with Crippen LogP contribution in [0.1, 0.15) is 0 Å². The molecule has 254 valence electrons. The molecule has 10 heteroatoms. The predicted octanol–water partition coefficient (Wildman–Crippen LogP) is 11.2. The SMILES string of the molecule is O=S(=O)(c1ccc(N2c3ccccc3Sc3ccccc32)cc1)c1ccc(S(=O)(=O)c2ccc(N3c4ccccc4Sc4ccccc43)cc2)cc1. The van der Waals surface area contributed by atoms with Crippen LogP contribution in [0.25, 0.3) is 0 Å². The fourth-order valence-corrected chi connectivity index (χ4v) is 11.2. The van der Waals surface area contributed by atoms with Gasteiger partial charge >= 0.3 is 0 Å². The molecule has 6 nitrogen and oxygen atoms in total. The van der Waals surface area contributed by atoms with E-state index in [1.54, 1.807) is 72.1 Å². The van der Waals surface area contributed by atoms with Crippen molar-refractivity contribution in [3.63, 3.8) is 0 Å². The molecule has 0 fully saturated rings. The Kier molecular flexibility index (Phi) is 8.00. The second kappa shape index (κ2) is 12.8. The molecule has 0 saturated heterocycles. The van der Waals surface area contributed by atoms with E-state index < -0.39 is 19.7 Å². The van der Waals surface area contributed by atoms with Gasteiger partial charge in [-0.25, -0.2) is 16.8 Å².